The van der Waals surface area contributed by atoms with Crippen molar-refractivity contribution in [3.05, 3.63) is 53.7 Å². The van der Waals surface area contributed by atoms with Gasteiger partial charge in [-0.15, -0.1) is 11.8 Å². The maximum atomic E-state index is 12.1. The van der Waals surface area contributed by atoms with E-state index in [1.54, 1.807) is 19.1 Å². The molecule has 0 saturated heterocycles. The molecule has 152 valence electrons. The van der Waals surface area contributed by atoms with Crippen LogP contribution in [0.3, 0.4) is 0 Å². The lowest BCUT2D eigenvalue weighted by molar-refractivity contribution is -0.117. The summed E-state index contributed by atoms with van der Waals surface area (Å²) in [6, 6.07) is 13.6. The molecule has 3 aromatic rings. The van der Waals surface area contributed by atoms with Gasteiger partial charge in [-0.05, 0) is 37.4 Å². The fourth-order valence-electron chi connectivity index (χ4n) is 3.17. The molecule has 6 nitrogen and oxygen atoms in total. The number of hydrogen-bond acceptors (Lipinski definition) is 6. The van der Waals surface area contributed by atoms with Gasteiger partial charge in [0.1, 0.15) is 23.6 Å². The minimum absolute atomic E-state index is 0.0524. The van der Waals surface area contributed by atoms with E-state index in [0.717, 1.165) is 32.7 Å². The molecule has 0 aliphatic heterocycles. The van der Waals surface area contributed by atoms with E-state index in [0.29, 0.717) is 11.5 Å². The third-order valence-electron chi connectivity index (χ3n) is 4.73. The highest BCUT2D eigenvalue weighted by atomic mass is 32.2. The number of amides is 1. The molecular formula is C22H25N3O3S. The van der Waals surface area contributed by atoms with Gasteiger partial charge in [0.15, 0.2) is 0 Å². The van der Waals surface area contributed by atoms with Crippen LogP contribution in [-0.2, 0) is 11.4 Å². The maximum absolute atomic E-state index is 12.1. The largest absolute Gasteiger partial charge is 0.496 e. The molecule has 2 N–H and O–H groups in total. The van der Waals surface area contributed by atoms with E-state index in [1.165, 1.54) is 11.8 Å². The number of likely N-dealkylation sites (N-methyl/N-ethyl adjacent to an activating group) is 1. The summed E-state index contributed by atoms with van der Waals surface area (Å²) in [5, 5.41) is 1.02. The number of methoxy groups -OCH3 is 1. The fourth-order valence-corrected chi connectivity index (χ4v) is 3.99. The summed E-state index contributed by atoms with van der Waals surface area (Å²) in [6.45, 7) is 2.19. The predicted octanol–water partition coefficient (Wildman–Crippen LogP) is 3.77. The van der Waals surface area contributed by atoms with Crippen molar-refractivity contribution in [2.75, 3.05) is 31.9 Å². The van der Waals surface area contributed by atoms with Crippen LogP contribution >= 0.6 is 11.8 Å². The Morgan fingerprint density at radius 3 is 2.66 bits per heavy atom. The maximum Gasteiger partial charge on any atom is 0.240 e. The number of hydrogen-bond donors (Lipinski definition) is 1. The Balaban J connectivity index is 2.00. The number of nitrogens with two attached hydrogens (primary N) is 1. The molecule has 7 heteroatoms. The Hall–Kier alpha value is -2.77. The van der Waals surface area contributed by atoms with Crippen molar-refractivity contribution >= 4 is 34.3 Å². The van der Waals surface area contributed by atoms with Crippen molar-refractivity contribution in [2.24, 2.45) is 5.73 Å². The topological polar surface area (TPSA) is 77.7 Å². The number of ether oxygens (including phenoxy) is 2. The number of nitrogens with zero attached hydrogens (tertiary/aromatic N) is 2. The van der Waals surface area contributed by atoms with E-state index in [-0.39, 0.29) is 19.1 Å². The van der Waals surface area contributed by atoms with Crippen LogP contribution in [-0.4, -0.2) is 37.8 Å². The molecule has 0 radical (unpaired) electrons. The van der Waals surface area contributed by atoms with Gasteiger partial charge in [-0.25, -0.2) is 4.98 Å². The van der Waals surface area contributed by atoms with E-state index in [9.17, 15) is 4.79 Å². The minimum atomic E-state index is -0.161. The van der Waals surface area contributed by atoms with Gasteiger partial charge < -0.3 is 20.1 Å². The zero-order valence-electron chi connectivity index (χ0n) is 17.1. The minimum Gasteiger partial charge on any atom is -0.496 e. The summed E-state index contributed by atoms with van der Waals surface area (Å²) in [6.07, 6.45) is 1.96. The van der Waals surface area contributed by atoms with Gasteiger partial charge >= 0.3 is 0 Å². The van der Waals surface area contributed by atoms with Crippen LogP contribution in [0, 0.1) is 6.92 Å². The van der Waals surface area contributed by atoms with Crippen molar-refractivity contribution in [3.63, 3.8) is 0 Å². The average molecular weight is 412 g/mol. The van der Waals surface area contributed by atoms with E-state index in [4.69, 9.17) is 15.2 Å². The summed E-state index contributed by atoms with van der Waals surface area (Å²) in [5.41, 5.74) is 8.95. The van der Waals surface area contributed by atoms with Crippen molar-refractivity contribution < 1.29 is 14.3 Å². The van der Waals surface area contributed by atoms with Gasteiger partial charge in [-0.3, -0.25) is 4.79 Å². The van der Waals surface area contributed by atoms with Gasteiger partial charge in [0.2, 0.25) is 5.91 Å². The number of carbonyl (C=O) groups is 1. The summed E-state index contributed by atoms with van der Waals surface area (Å²) in [4.78, 5) is 19.2. The molecule has 0 saturated carbocycles. The molecule has 0 unspecified atom stereocenters. The summed E-state index contributed by atoms with van der Waals surface area (Å²) >= 11 is 1.54. The molecule has 0 fully saturated rings. The van der Waals surface area contributed by atoms with E-state index in [2.05, 4.69) is 4.98 Å². The Kier molecular flexibility index (Phi) is 6.61. The van der Waals surface area contributed by atoms with E-state index < -0.39 is 0 Å². The van der Waals surface area contributed by atoms with E-state index in [1.807, 2.05) is 55.6 Å². The molecule has 1 heterocycles. The Morgan fingerprint density at radius 1 is 1.17 bits per heavy atom. The van der Waals surface area contributed by atoms with Crippen molar-refractivity contribution in [3.8, 4) is 11.5 Å². The smallest absolute Gasteiger partial charge is 0.240 e. The number of para-hydroxylation sites is 1. The third kappa shape index (κ3) is 4.31. The van der Waals surface area contributed by atoms with Gasteiger partial charge in [-0.1, -0.05) is 18.2 Å². The Labute approximate surface area is 175 Å². The zero-order chi connectivity index (χ0) is 21.0. The van der Waals surface area contributed by atoms with Crippen molar-refractivity contribution in [2.45, 2.75) is 18.4 Å². The van der Waals surface area contributed by atoms with Gasteiger partial charge in [0.25, 0.3) is 0 Å². The lowest BCUT2D eigenvalue weighted by Gasteiger charge is -2.23. The first kappa shape index (κ1) is 21.0. The molecule has 0 spiro atoms. The number of aromatic nitrogens is 1. The third-order valence-corrected chi connectivity index (χ3v) is 5.59. The molecule has 1 amide bonds. The van der Waals surface area contributed by atoms with Crippen molar-refractivity contribution in [1.29, 1.82) is 0 Å². The molecule has 3 rings (SSSR count). The molecule has 0 aliphatic rings. The fraction of sp³-hybridized carbons (Fsp3) is 0.273. The van der Waals surface area contributed by atoms with Gasteiger partial charge in [0, 0.05) is 28.6 Å². The first-order chi connectivity index (χ1) is 14.0. The average Bonchev–Trinajstić information content (AvgIpc) is 2.75. The van der Waals surface area contributed by atoms with Crippen molar-refractivity contribution in [1.82, 2.24) is 4.98 Å². The molecule has 29 heavy (non-hydrogen) atoms. The number of fused-ring (bicyclic) bond motifs is 1. The SMILES string of the molecule is COc1ccc(N(C)C(=O)CN)c(SC)c1COc1cccc2ccc(C)nc12. The Morgan fingerprint density at radius 2 is 1.97 bits per heavy atom. The molecule has 2 aromatic carbocycles. The summed E-state index contributed by atoms with van der Waals surface area (Å²) in [5.74, 6) is 1.25. The summed E-state index contributed by atoms with van der Waals surface area (Å²) in [7, 11) is 3.35. The summed E-state index contributed by atoms with van der Waals surface area (Å²) < 4.78 is 11.8. The number of pyridine rings is 1. The lowest BCUT2D eigenvalue weighted by atomic mass is 10.1. The second-order valence-corrected chi connectivity index (χ2v) is 7.34. The van der Waals surface area contributed by atoms with Crippen LogP contribution < -0.4 is 20.1 Å². The molecule has 0 aliphatic carbocycles. The van der Waals surface area contributed by atoms with Crippen LogP contribution in [0.15, 0.2) is 47.4 Å². The lowest BCUT2D eigenvalue weighted by Crippen LogP contribution is -2.33. The molecule has 0 bridgehead atoms. The highest BCUT2D eigenvalue weighted by molar-refractivity contribution is 7.98. The normalized spacial score (nSPS) is 10.8. The van der Waals surface area contributed by atoms with Crippen LogP contribution in [0.2, 0.25) is 0 Å². The highest BCUT2D eigenvalue weighted by Crippen LogP contribution is 2.38. The number of carbonyl (C=O) groups excluding carboxylic acids is 1. The number of benzene rings is 2. The number of thioether (sulfide) groups is 1. The molecular weight excluding hydrogens is 386 g/mol. The van der Waals surface area contributed by atoms with E-state index >= 15 is 0 Å². The van der Waals surface area contributed by atoms with Crippen LogP contribution in [0.4, 0.5) is 5.69 Å². The van der Waals surface area contributed by atoms with Crippen LogP contribution in [0.1, 0.15) is 11.3 Å². The zero-order valence-corrected chi connectivity index (χ0v) is 17.9. The second kappa shape index (κ2) is 9.15. The molecule has 1 aromatic heterocycles. The molecule has 0 atom stereocenters. The van der Waals surface area contributed by atoms with Gasteiger partial charge in [0.05, 0.1) is 19.3 Å². The number of aryl methyl sites for hydroxylation is 1. The first-order valence-electron chi connectivity index (χ1n) is 9.19. The van der Waals surface area contributed by atoms with Gasteiger partial charge in [-0.2, -0.15) is 0 Å². The second-order valence-electron chi connectivity index (χ2n) is 6.52. The quantitative estimate of drug-likeness (QED) is 0.596. The standard InChI is InChI=1S/C22H25N3O3S/c1-14-8-9-15-6-5-7-19(21(15)24-14)28-13-16-18(27-3)11-10-17(22(16)29-4)25(2)20(26)12-23/h5-11H,12-13,23H2,1-4H3. The monoisotopic (exact) mass is 411 g/mol. The van der Waals surface area contributed by atoms with Crippen LogP contribution in [0.5, 0.6) is 11.5 Å². The Bertz CT molecular complexity index is 1040. The predicted molar refractivity (Wildman–Crippen MR) is 118 cm³/mol. The van der Waals surface area contributed by atoms with Crippen LogP contribution in [0.25, 0.3) is 10.9 Å². The first-order valence-corrected chi connectivity index (χ1v) is 10.4. The highest BCUT2D eigenvalue weighted by Gasteiger charge is 2.20. The number of anilines is 1. The number of rotatable bonds is 7.